The first-order chi connectivity index (χ1) is 29.2. The van der Waals surface area contributed by atoms with Crippen LogP contribution in [0.2, 0.25) is 0 Å². The number of carbonyl (C=O) groups excluding carboxylic acids is 3. The van der Waals surface area contributed by atoms with Gasteiger partial charge < -0.3 is 29.3 Å². The van der Waals surface area contributed by atoms with Crippen molar-refractivity contribution in [1.29, 1.82) is 0 Å². The molecule has 3 fully saturated rings. The van der Waals surface area contributed by atoms with Crippen molar-refractivity contribution >= 4 is 50.1 Å². The minimum Gasteiger partial charge on any atom is -0.497 e. The maximum Gasteiger partial charge on any atom is 0.321 e. The van der Waals surface area contributed by atoms with Gasteiger partial charge in [-0.05, 0) is 81.2 Å². The van der Waals surface area contributed by atoms with Crippen molar-refractivity contribution in [1.82, 2.24) is 29.8 Å². The summed E-state index contributed by atoms with van der Waals surface area (Å²) in [6, 6.07) is 13.6. The van der Waals surface area contributed by atoms with E-state index in [2.05, 4.69) is 23.9 Å². The third-order valence-electron chi connectivity index (χ3n) is 12.5. The maximum atomic E-state index is 14.9. The van der Waals surface area contributed by atoms with Gasteiger partial charge in [0.2, 0.25) is 15.9 Å². The third-order valence-corrected chi connectivity index (χ3v) is 15.5. The number of hydrogen-bond donors (Lipinski definition) is 2. The molecule has 2 aromatic heterocycles. The molecule has 2 aliphatic heterocycles. The van der Waals surface area contributed by atoms with E-state index in [1.54, 1.807) is 30.9 Å². The minimum atomic E-state index is -3.98. The quantitative estimate of drug-likeness (QED) is 0.151. The Morgan fingerprint density at radius 3 is 2.48 bits per heavy atom. The molecular weight excluding hydrogens is 817 g/mol. The van der Waals surface area contributed by atoms with Crippen LogP contribution in [0.3, 0.4) is 0 Å². The van der Waals surface area contributed by atoms with Gasteiger partial charge in [0.25, 0.3) is 5.91 Å². The first-order valence-electron chi connectivity index (χ1n) is 21.1. The lowest BCUT2D eigenvalue weighted by molar-refractivity contribution is -0.131. The number of ether oxygens (including phenoxy) is 3. The van der Waals surface area contributed by atoms with Crippen LogP contribution in [-0.2, 0) is 26.2 Å². The molecule has 4 amide bonds. The van der Waals surface area contributed by atoms with Crippen LogP contribution >= 0.6 is 11.3 Å². The number of pyridine rings is 1. The molecule has 14 nitrogen and oxygen atoms in total. The van der Waals surface area contributed by atoms with Crippen molar-refractivity contribution in [2.24, 2.45) is 5.92 Å². The van der Waals surface area contributed by atoms with E-state index < -0.39 is 50.2 Å². The van der Waals surface area contributed by atoms with Gasteiger partial charge in [0.1, 0.15) is 45.6 Å². The molecule has 4 heterocycles. The Morgan fingerprint density at radius 1 is 1.02 bits per heavy atom. The molecule has 8 rings (SSSR count). The van der Waals surface area contributed by atoms with Gasteiger partial charge in [0.15, 0.2) is 0 Å². The Morgan fingerprint density at radius 2 is 1.77 bits per heavy atom. The standard InChI is InChI=1S/C45H54N6O8S2/c1-28(2)37-27-60-41(47-37)36-23-39(34-17-16-32(58-5)21-35(34)46-36)59-33-22-38-40(52)48-45(42(53)49-61(55,56)44(3)18-19-44)24-30(45)11-9-7-6-8-10-20-50(43(54)51(38)26-33)25-29-12-14-31(57-4)15-13-29/h9,11-17,21,23,27-28,30,33,38H,6-8,10,18-20,22,24-26H2,1-5H3,(H,48,52)(H,49,53). The number of rotatable bonds is 11. The zero-order valence-electron chi connectivity index (χ0n) is 35.3. The molecule has 1 saturated heterocycles. The van der Waals surface area contributed by atoms with E-state index in [0.29, 0.717) is 54.4 Å². The summed E-state index contributed by atoms with van der Waals surface area (Å²) in [5.41, 5.74) is 1.63. The molecule has 2 aromatic carbocycles. The number of amides is 4. The Bertz CT molecular complexity index is 2450. The van der Waals surface area contributed by atoms with E-state index in [4.69, 9.17) is 24.2 Å². The van der Waals surface area contributed by atoms with E-state index in [9.17, 15) is 22.8 Å². The summed E-state index contributed by atoms with van der Waals surface area (Å²) in [4.78, 5) is 56.8. The van der Waals surface area contributed by atoms with E-state index in [0.717, 1.165) is 47.3 Å². The summed E-state index contributed by atoms with van der Waals surface area (Å²) in [5, 5.41) is 6.47. The third kappa shape index (κ3) is 8.79. The Labute approximate surface area is 361 Å². The second-order valence-electron chi connectivity index (χ2n) is 17.3. The Kier molecular flexibility index (Phi) is 11.8. The van der Waals surface area contributed by atoms with Crippen molar-refractivity contribution in [2.45, 2.75) is 107 Å². The van der Waals surface area contributed by atoms with Crippen molar-refractivity contribution in [3.8, 4) is 28.0 Å². The molecular formula is C45H54N6O8S2. The number of hydrogen-bond acceptors (Lipinski definition) is 11. The fraction of sp³-hybridized carbons (Fsp3) is 0.489. The number of allylic oxidation sites excluding steroid dienone is 1. The van der Waals surface area contributed by atoms with Gasteiger partial charge in [0.05, 0.1) is 36.7 Å². The normalized spacial score (nSPS) is 24.0. The van der Waals surface area contributed by atoms with Gasteiger partial charge in [-0.25, -0.2) is 23.2 Å². The predicted molar refractivity (Wildman–Crippen MR) is 233 cm³/mol. The number of urea groups is 1. The Balaban J connectivity index is 1.14. The second-order valence-corrected chi connectivity index (χ2v) is 20.3. The monoisotopic (exact) mass is 870 g/mol. The SMILES string of the molecule is COc1ccc(CN2CCCCCC=CC3CC3(C(=O)NS(=O)(=O)C3(C)CC3)NC(=O)C3CC(Oc4cc(-c5nc(C(C)C)cs5)nc5cc(OC)ccc45)CN3C2=O)cc1. The van der Waals surface area contributed by atoms with E-state index >= 15 is 0 Å². The molecule has 4 unspecified atom stereocenters. The maximum absolute atomic E-state index is 14.9. The molecule has 0 radical (unpaired) electrons. The highest BCUT2D eigenvalue weighted by Gasteiger charge is 2.63. The number of nitrogens with zero attached hydrogens (tertiary/aromatic N) is 4. The zero-order valence-corrected chi connectivity index (χ0v) is 36.9. The number of nitrogens with one attached hydrogen (secondary N) is 2. The van der Waals surface area contributed by atoms with Gasteiger partial charge in [-0.3, -0.25) is 14.3 Å². The first kappa shape index (κ1) is 42.5. The number of thiazole rings is 1. The largest absolute Gasteiger partial charge is 0.497 e. The predicted octanol–water partition coefficient (Wildman–Crippen LogP) is 6.95. The molecule has 4 aliphatic rings. The highest BCUT2D eigenvalue weighted by molar-refractivity contribution is 7.91. The number of carbonyl (C=O) groups is 3. The molecule has 0 spiro atoms. The summed E-state index contributed by atoms with van der Waals surface area (Å²) in [7, 11) is -0.783. The van der Waals surface area contributed by atoms with Crippen molar-refractivity contribution < 1.29 is 37.0 Å². The van der Waals surface area contributed by atoms with Crippen LogP contribution in [-0.4, -0.2) is 95.8 Å². The van der Waals surface area contributed by atoms with E-state index in [1.165, 1.54) is 11.3 Å². The minimum absolute atomic E-state index is 0.0787. The van der Waals surface area contributed by atoms with Crippen LogP contribution in [0.1, 0.15) is 89.3 Å². The molecule has 2 saturated carbocycles. The number of fused-ring (bicyclic) bond motifs is 3. The highest BCUT2D eigenvalue weighted by atomic mass is 32.2. The average Bonchev–Trinajstić information content (AvgIpc) is 4.02. The van der Waals surface area contributed by atoms with Gasteiger partial charge >= 0.3 is 6.03 Å². The number of benzene rings is 2. The summed E-state index contributed by atoms with van der Waals surface area (Å²) in [6.45, 7) is 6.63. The average molecular weight is 871 g/mol. The number of aromatic nitrogens is 2. The van der Waals surface area contributed by atoms with Gasteiger partial charge in [-0.15, -0.1) is 11.3 Å². The molecule has 61 heavy (non-hydrogen) atoms. The zero-order chi connectivity index (χ0) is 43.1. The van der Waals surface area contributed by atoms with Crippen molar-refractivity contribution in [3.05, 3.63) is 77.3 Å². The second kappa shape index (κ2) is 16.9. The highest BCUT2D eigenvalue weighted by Crippen LogP contribution is 2.48. The summed E-state index contributed by atoms with van der Waals surface area (Å²) < 4.78 is 45.6. The van der Waals surface area contributed by atoms with Crippen molar-refractivity contribution in [2.75, 3.05) is 27.3 Å². The van der Waals surface area contributed by atoms with Crippen LogP contribution < -0.4 is 24.2 Å². The van der Waals surface area contributed by atoms with Gasteiger partial charge in [0, 0.05) is 48.3 Å². The Hall–Kier alpha value is -5.22. The molecule has 4 atom stereocenters. The first-order valence-corrected chi connectivity index (χ1v) is 23.4. The van der Waals surface area contributed by atoms with Crippen molar-refractivity contribution in [3.63, 3.8) is 0 Å². The molecule has 4 aromatic rings. The smallest absolute Gasteiger partial charge is 0.321 e. The molecule has 324 valence electrons. The lowest BCUT2D eigenvalue weighted by Gasteiger charge is -2.32. The topological polar surface area (TPSA) is 169 Å². The van der Waals surface area contributed by atoms with Crippen LogP contribution in [0.4, 0.5) is 4.79 Å². The lowest BCUT2D eigenvalue weighted by atomic mass is 10.1. The van der Waals surface area contributed by atoms with Crippen LogP contribution in [0, 0.1) is 5.92 Å². The fourth-order valence-electron chi connectivity index (χ4n) is 8.15. The van der Waals surface area contributed by atoms with E-state index in [1.807, 2.05) is 66.1 Å². The van der Waals surface area contributed by atoms with Gasteiger partial charge in [-0.2, -0.15) is 0 Å². The fourth-order valence-corrected chi connectivity index (χ4v) is 10.4. The van der Waals surface area contributed by atoms with Crippen LogP contribution in [0.5, 0.6) is 17.2 Å². The summed E-state index contributed by atoms with van der Waals surface area (Å²) in [6.07, 6.45) is 7.76. The lowest BCUT2D eigenvalue weighted by Crippen LogP contribution is -2.58. The van der Waals surface area contributed by atoms with Gasteiger partial charge in [-0.1, -0.05) is 44.6 Å². The van der Waals surface area contributed by atoms with Crippen LogP contribution in [0.25, 0.3) is 21.6 Å². The molecule has 2 aliphatic carbocycles. The summed E-state index contributed by atoms with van der Waals surface area (Å²) >= 11 is 1.50. The number of methoxy groups -OCH3 is 2. The number of sulfonamides is 1. The summed E-state index contributed by atoms with van der Waals surface area (Å²) in [5.74, 6) is 0.362. The molecule has 0 bridgehead atoms. The van der Waals surface area contributed by atoms with E-state index in [-0.39, 0.29) is 31.3 Å². The van der Waals surface area contributed by atoms with Crippen LogP contribution in [0.15, 0.2) is 66.1 Å². The molecule has 2 N–H and O–H groups in total. The molecule has 16 heteroatoms.